The number of benzene rings is 1. The van der Waals surface area contributed by atoms with E-state index in [9.17, 15) is 8.42 Å². The molecule has 0 aliphatic carbocycles. The number of sulfone groups is 1. The Morgan fingerprint density at radius 3 is 2.40 bits per heavy atom. The smallest absolute Gasteiger partial charge is 0.184 e. The van der Waals surface area contributed by atoms with Gasteiger partial charge in [-0.15, -0.1) is 0 Å². The Labute approximate surface area is 91.2 Å². The van der Waals surface area contributed by atoms with Crippen LogP contribution in [0, 0.1) is 6.92 Å². The number of nitrogens with two attached hydrogens (primary N) is 1. The predicted octanol–water partition coefficient (Wildman–Crippen LogP) is 1.51. The predicted molar refractivity (Wildman–Crippen MR) is 61.5 cm³/mol. The Kier molecular flexibility index (Phi) is 3.21. The van der Waals surface area contributed by atoms with Gasteiger partial charge in [-0.25, -0.2) is 8.42 Å². The first-order valence-electron chi connectivity index (χ1n) is 4.82. The van der Waals surface area contributed by atoms with Crippen molar-refractivity contribution in [1.82, 2.24) is 0 Å². The van der Waals surface area contributed by atoms with Crippen molar-refractivity contribution in [3.63, 3.8) is 0 Å². The minimum atomic E-state index is -3.34. The van der Waals surface area contributed by atoms with Gasteiger partial charge in [0.2, 0.25) is 0 Å². The van der Waals surface area contributed by atoms with E-state index in [2.05, 4.69) is 0 Å². The van der Waals surface area contributed by atoms with Crippen LogP contribution in [0.15, 0.2) is 29.2 Å². The highest BCUT2D eigenvalue weighted by atomic mass is 32.2. The van der Waals surface area contributed by atoms with Crippen LogP contribution in [0.5, 0.6) is 0 Å². The van der Waals surface area contributed by atoms with Crippen LogP contribution >= 0.6 is 0 Å². The number of hydrogen-bond donors (Lipinski definition) is 1. The van der Waals surface area contributed by atoms with Crippen LogP contribution in [0.3, 0.4) is 0 Å². The minimum absolute atomic E-state index is 0.114. The average molecular weight is 227 g/mol. The van der Waals surface area contributed by atoms with Crippen LogP contribution < -0.4 is 5.73 Å². The SMILES string of the molecule is Cc1cccc(S(=O)(=O)C(C)(C)CN)c1. The summed E-state index contributed by atoms with van der Waals surface area (Å²) in [4.78, 5) is 0.345. The third-order valence-electron chi connectivity index (χ3n) is 2.52. The van der Waals surface area contributed by atoms with Gasteiger partial charge >= 0.3 is 0 Å². The normalized spacial score (nSPS) is 12.8. The first-order chi connectivity index (χ1) is 6.81. The van der Waals surface area contributed by atoms with E-state index in [0.29, 0.717) is 4.90 Å². The molecule has 15 heavy (non-hydrogen) atoms. The van der Waals surface area contributed by atoms with E-state index in [1.54, 1.807) is 32.0 Å². The molecule has 0 fully saturated rings. The molecule has 3 nitrogen and oxygen atoms in total. The summed E-state index contributed by atoms with van der Waals surface area (Å²) in [5.74, 6) is 0. The van der Waals surface area contributed by atoms with Crippen molar-refractivity contribution in [3.05, 3.63) is 29.8 Å². The molecular formula is C11H17NO2S. The topological polar surface area (TPSA) is 60.2 Å². The second-order valence-corrected chi connectivity index (χ2v) is 6.87. The van der Waals surface area contributed by atoms with Crippen molar-refractivity contribution < 1.29 is 8.42 Å². The van der Waals surface area contributed by atoms with Crippen LogP contribution in [-0.4, -0.2) is 19.7 Å². The molecule has 0 saturated carbocycles. The Morgan fingerprint density at radius 2 is 1.93 bits per heavy atom. The highest BCUT2D eigenvalue weighted by molar-refractivity contribution is 7.92. The Morgan fingerprint density at radius 1 is 1.33 bits per heavy atom. The largest absolute Gasteiger partial charge is 0.329 e. The minimum Gasteiger partial charge on any atom is -0.329 e. The summed E-state index contributed by atoms with van der Waals surface area (Å²) in [5.41, 5.74) is 6.42. The zero-order valence-corrected chi connectivity index (χ0v) is 10.1. The molecule has 0 bridgehead atoms. The molecule has 1 aromatic rings. The lowest BCUT2D eigenvalue weighted by Crippen LogP contribution is -2.39. The lowest BCUT2D eigenvalue weighted by molar-refractivity contribution is 0.549. The molecule has 0 radical (unpaired) electrons. The molecule has 0 unspecified atom stereocenters. The van der Waals surface area contributed by atoms with Crippen LogP contribution in [-0.2, 0) is 9.84 Å². The maximum Gasteiger partial charge on any atom is 0.184 e. The second kappa shape index (κ2) is 3.94. The lowest BCUT2D eigenvalue weighted by atomic mass is 10.2. The molecule has 0 heterocycles. The standard InChI is InChI=1S/C11H17NO2S/c1-9-5-4-6-10(7-9)15(13,14)11(2,3)8-12/h4-7H,8,12H2,1-3H3. The van der Waals surface area contributed by atoms with Crippen molar-refractivity contribution in [3.8, 4) is 0 Å². The van der Waals surface area contributed by atoms with Gasteiger partial charge in [0, 0.05) is 6.54 Å². The highest BCUT2D eigenvalue weighted by Gasteiger charge is 2.34. The van der Waals surface area contributed by atoms with Crippen molar-refractivity contribution in [2.75, 3.05) is 6.54 Å². The summed E-state index contributed by atoms with van der Waals surface area (Å²) >= 11 is 0. The van der Waals surface area contributed by atoms with Gasteiger partial charge in [0.15, 0.2) is 9.84 Å². The fourth-order valence-electron chi connectivity index (χ4n) is 1.21. The van der Waals surface area contributed by atoms with Gasteiger partial charge < -0.3 is 5.73 Å². The molecule has 4 heteroatoms. The average Bonchev–Trinajstić information content (AvgIpc) is 2.17. The van der Waals surface area contributed by atoms with E-state index in [0.717, 1.165) is 5.56 Å². The van der Waals surface area contributed by atoms with E-state index in [-0.39, 0.29) is 6.54 Å². The third-order valence-corrected chi connectivity index (χ3v) is 5.02. The first kappa shape index (κ1) is 12.2. The van der Waals surface area contributed by atoms with E-state index in [1.807, 2.05) is 13.0 Å². The van der Waals surface area contributed by atoms with E-state index in [1.165, 1.54) is 0 Å². The molecule has 0 saturated heterocycles. The molecule has 1 rings (SSSR count). The van der Waals surface area contributed by atoms with Crippen LogP contribution in [0.1, 0.15) is 19.4 Å². The van der Waals surface area contributed by atoms with Gasteiger partial charge in [-0.05, 0) is 38.5 Å². The summed E-state index contributed by atoms with van der Waals surface area (Å²) in [5, 5.41) is 0. The van der Waals surface area contributed by atoms with E-state index < -0.39 is 14.6 Å². The van der Waals surface area contributed by atoms with Crippen molar-refractivity contribution in [1.29, 1.82) is 0 Å². The number of aryl methyl sites for hydroxylation is 1. The van der Waals surface area contributed by atoms with E-state index >= 15 is 0 Å². The Balaban J connectivity index is 3.30. The van der Waals surface area contributed by atoms with Crippen molar-refractivity contribution in [2.24, 2.45) is 5.73 Å². The molecule has 84 valence electrons. The van der Waals surface area contributed by atoms with Crippen molar-refractivity contribution in [2.45, 2.75) is 30.4 Å². The molecule has 2 N–H and O–H groups in total. The highest BCUT2D eigenvalue weighted by Crippen LogP contribution is 2.24. The zero-order valence-electron chi connectivity index (χ0n) is 9.32. The van der Waals surface area contributed by atoms with Crippen molar-refractivity contribution >= 4 is 9.84 Å². The summed E-state index contributed by atoms with van der Waals surface area (Å²) in [7, 11) is -3.34. The van der Waals surface area contributed by atoms with Gasteiger partial charge in [-0.2, -0.15) is 0 Å². The summed E-state index contributed by atoms with van der Waals surface area (Å²) in [6, 6.07) is 6.90. The van der Waals surface area contributed by atoms with Crippen LogP contribution in [0.2, 0.25) is 0 Å². The van der Waals surface area contributed by atoms with Gasteiger partial charge in [0.05, 0.1) is 9.64 Å². The molecular weight excluding hydrogens is 210 g/mol. The van der Waals surface area contributed by atoms with E-state index in [4.69, 9.17) is 5.73 Å². The summed E-state index contributed by atoms with van der Waals surface area (Å²) in [6.45, 7) is 5.27. The molecule has 0 aliphatic heterocycles. The van der Waals surface area contributed by atoms with Gasteiger partial charge in [0.25, 0.3) is 0 Å². The molecule has 1 aromatic carbocycles. The maximum atomic E-state index is 12.2. The van der Waals surface area contributed by atoms with Crippen LogP contribution in [0.25, 0.3) is 0 Å². The fraction of sp³-hybridized carbons (Fsp3) is 0.455. The van der Waals surface area contributed by atoms with Crippen LogP contribution in [0.4, 0.5) is 0 Å². The molecule has 0 aromatic heterocycles. The molecule has 0 amide bonds. The monoisotopic (exact) mass is 227 g/mol. The summed E-state index contributed by atoms with van der Waals surface area (Å²) < 4.78 is 23.4. The zero-order chi connectivity index (χ0) is 11.7. The summed E-state index contributed by atoms with van der Waals surface area (Å²) in [6.07, 6.45) is 0. The Hall–Kier alpha value is -0.870. The third kappa shape index (κ3) is 2.21. The first-order valence-corrected chi connectivity index (χ1v) is 6.31. The molecule has 0 atom stereocenters. The van der Waals surface area contributed by atoms with Gasteiger partial charge in [-0.1, -0.05) is 12.1 Å². The second-order valence-electron chi connectivity index (χ2n) is 4.28. The molecule has 0 aliphatic rings. The number of rotatable bonds is 3. The molecule has 0 spiro atoms. The lowest BCUT2D eigenvalue weighted by Gasteiger charge is -2.22. The number of hydrogen-bond acceptors (Lipinski definition) is 3. The fourth-order valence-corrected chi connectivity index (χ4v) is 2.67. The quantitative estimate of drug-likeness (QED) is 0.851. The maximum absolute atomic E-state index is 12.2. The van der Waals surface area contributed by atoms with Gasteiger partial charge in [0.1, 0.15) is 0 Å². The Bertz CT molecular complexity index is 449. The van der Waals surface area contributed by atoms with Gasteiger partial charge in [-0.3, -0.25) is 0 Å².